The Morgan fingerprint density at radius 1 is 1.16 bits per heavy atom. The van der Waals surface area contributed by atoms with Gasteiger partial charge in [0.05, 0.1) is 0 Å². The van der Waals surface area contributed by atoms with Crippen LogP contribution in [0, 0.1) is 6.92 Å². The summed E-state index contributed by atoms with van der Waals surface area (Å²) in [6.45, 7) is 5.54. The third kappa shape index (κ3) is 3.53. The smallest absolute Gasteiger partial charge is 0.163 e. The van der Waals surface area contributed by atoms with Crippen LogP contribution in [-0.2, 0) is 0 Å². The van der Waals surface area contributed by atoms with Crippen molar-refractivity contribution in [3.63, 3.8) is 0 Å². The van der Waals surface area contributed by atoms with Gasteiger partial charge in [0.25, 0.3) is 0 Å². The zero-order chi connectivity index (χ0) is 13.7. The van der Waals surface area contributed by atoms with Crippen LogP contribution in [-0.4, -0.2) is 40.4 Å². The Hall–Kier alpha value is -1.42. The number of nitrogens with zero attached hydrogens (tertiary/aromatic N) is 1. The molecule has 1 aliphatic heterocycles. The molecule has 0 atom stereocenters. The van der Waals surface area contributed by atoms with E-state index in [0.29, 0.717) is 13.2 Å². The first-order valence-corrected chi connectivity index (χ1v) is 6.98. The third-order valence-corrected chi connectivity index (χ3v) is 3.44. The molecule has 1 N–H and O–H groups in total. The lowest BCUT2D eigenvalue weighted by Crippen LogP contribution is -2.22. The number of rotatable bonds is 6. The minimum absolute atomic E-state index is 0.640. The summed E-state index contributed by atoms with van der Waals surface area (Å²) in [6.07, 6.45) is 2.38. The molecule has 106 valence electrons. The molecule has 0 saturated heterocycles. The highest BCUT2D eigenvalue weighted by Crippen LogP contribution is 2.36. The lowest BCUT2D eigenvalue weighted by molar-refractivity contribution is 0.171. The zero-order valence-corrected chi connectivity index (χ0v) is 12.2. The van der Waals surface area contributed by atoms with Gasteiger partial charge in [-0.3, -0.25) is 0 Å². The Morgan fingerprint density at radius 3 is 2.53 bits per heavy atom. The highest BCUT2D eigenvalue weighted by atomic mass is 16.6. The van der Waals surface area contributed by atoms with E-state index in [1.165, 1.54) is 24.1 Å². The van der Waals surface area contributed by atoms with Crippen LogP contribution in [0.25, 0.3) is 0 Å². The van der Waals surface area contributed by atoms with Crippen molar-refractivity contribution in [1.82, 2.24) is 5.32 Å². The van der Waals surface area contributed by atoms with Crippen LogP contribution in [0.15, 0.2) is 12.1 Å². The Labute approximate surface area is 115 Å². The fraction of sp³-hybridized carbons (Fsp3) is 0.600. The van der Waals surface area contributed by atoms with E-state index in [4.69, 9.17) is 9.47 Å². The van der Waals surface area contributed by atoms with E-state index in [9.17, 15) is 0 Å². The van der Waals surface area contributed by atoms with Crippen LogP contribution in [0.4, 0.5) is 5.69 Å². The summed E-state index contributed by atoms with van der Waals surface area (Å²) in [5, 5.41) is 3.18. The number of hydrogen-bond donors (Lipinski definition) is 1. The van der Waals surface area contributed by atoms with Gasteiger partial charge in [-0.15, -0.1) is 0 Å². The van der Waals surface area contributed by atoms with E-state index < -0.39 is 0 Å². The van der Waals surface area contributed by atoms with E-state index in [0.717, 1.165) is 24.6 Å². The van der Waals surface area contributed by atoms with Crippen molar-refractivity contribution in [3.05, 3.63) is 17.7 Å². The van der Waals surface area contributed by atoms with Gasteiger partial charge in [-0.1, -0.05) is 0 Å². The first kappa shape index (κ1) is 14.0. The molecular formula is C15H24N2O2. The average molecular weight is 264 g/mol. The van der Waals surface area contributed by atoms with E-state index in [2.05, 4.69) is 36.3 Å². The minimum Gasteiger partial charge on any atom is -0.486 e. The average Bonchev–Trinajstić information content (AvgIpc) is 2.42. The van der Waals surface area contributed by atoms with Gasteiger partial charge in [-0.25, -0.2) is 0 Å². The van der Waals surface area contributed by atoms with Crippen LogP contribution < -0.4 is 19.7 Å². The van der Waals surface area contributed by atoms with Crippen molar-refractivity contribution in [3.8, 4) is 11.5 Å². The number of fused-ring (bicyclic) bond motifs is 1. The number of ether oxygens (including phenoxy) is 2. The van der Waals surface area contributed by atoms with E-state index >= 15 is 0 Å². The summed E-state index contributed by atoms with van der Waals surface area (Å²) in [5.74, 6) is 1.74. The Bertz CT molecular complexity index is 421. The second kappa shape index (κ2) is 6.66. The van der Waals surface area contributed by atoms with Gasteiger partial charge in [-0.2, -0.15) is 0 Å². The number of nitrogens with one attached hydrogen (secondary N) is 1. The molecule has 4 heteroatoms. The second-order valence-corrected chi connectivity index (χ2v) is 5.01. The summed E-state index contributed by atoms with van der Waals surface area (Å²) in [6, 6.07) is 4.18. The standard InChI is InChI=1S/C15H24N2O2/c1-12-10-14-15(19-9-8-18-14)11-13(12)17(3)7-5-4-6-16-2/h10-11,16H,4-9H2,1-3H3. The highest BCUT2D eigenvalue weighted by Gasteiger charge is 2.15. The molecule has 2 rings (SSSR count). The van der Waals surface area contributed by atoms with Crippen molar-refractivity contribution >= 4 is 5.69 Å². The van der Waals surface area contributed by atoms with Gasteiger partial charge in [-0.05, 0) is 45.0 Å². The van der Waals surface area contributed by atoms with Crippen molar-refractivity contribution < 1.29 is 9.47 Å². The van der Waals surface area contributed by atoms with Crippen molar-refractivity contribution in [2.45, 2.75) is 19.8 Å². The fourth-order valence-corrected chi connectivity index (χ4v) is 2.36. The Balaban J connectivity index is 2.02. The lowest BCUT2D eigenvalue weighted by Gasteiger charge is -2.25. The molecule has 0 bridgehead atoms. The highest BCUT2D eigenvalue weighted by molar-refractivity contribution is 5.61. The molecule has 1 aliphatic rings. The number of hydrogen-bond acceptors (Lipinski definition) is 4. The van der Waals surface area contributed by atoms with E-state index in [1.807, 2.05) is 7.05 Å². The molecule has 19 heavy (non-hydrogen) atoms. The number of benzene rings is 1. The summed E-state index contributed by atoms with van der Waals surface area (Å²) in [7, 11) is 4.13. The van der Waals surface area contributed by atoms with Crippen LogP contribution in [0.1, 0.15) is 18.4 Å². The first-order valence-electron chi connectivity index (χ1n) is 6.98. The maximum Gasteiger partial charge on any atom is 0.163 e. The van der Waals surface area contributed by atoms with Gasteiger partial charge in [0.15, 0.2) is 11.5 Å². The molecule has 0 aromatic heterocycles. The normalized spacial score (nSPS) is 13.4. The van der Waals surface area contributed by atoms with Crippen molar-refractivity contribution in [1.29, 1.82) is 0 Å². The molecule has 4 nitrogen and oxygen atoms in total. The molecule has 1 heterocycles. The molecule has 0 saturated carbocycles. The molecule has 1 aromatic carbocycles. The summed E-state index contributed by atoms with van der Waals surface area (Å²) >= 11 is 0. The quantitative estimate of drug-likeness (QED) is 0.799. The molecule has 0 aliphatic carbocycles. The maximum absolute atomic E-state index is 5.65. The number of unbranched alkanes of at least 4 members (excludes halogenated alkanes) is 1. The van der Waals surface area contributed by atoms with Gasteiger partial charge >= 0.3 is 0 Å². The number of anilines is 1. The summed E-state index contributed by atoms with van der Waals surface area (Å²) < 4.78 is 11.3. The molecule has 0 radical (unpaired) electrons. The SMILES string of the molecule is CNCCCCN(C)c1cc2c(cc1C)OCCO2. The van der Waals surface area contributed by atoms with E-state index in [1.54, 1.807) is 0 Å². The van der Waals surface area contributed by atoms with Crippen molar-refractivity contribution in [2.75, 3.05) is 45.3 Å². The topological polar surface area (TPSA) is 33.7 Å². The van der Waals surface area contributed by atoms with Crippen LogP contribution >= 0.6 is 0 Å². The summed E-state index contributed by atoms with van der Waals surface area (Å²) in [4.78, 5) is 2.29. The maximum atomic E-state index is 5.65. The monoisotopic (exact) mass is 264 g/mol. The fourth-order valence-electron chi connectivity index (χ4n) is 2.36. The first-order chi connectivity index (χ1) is 9.22. The van der Waals surface area contributed by atoms with Gasteiger partial charge in [0.1, 0.15) is 13.2 Å². The van der Waals surface area contributed by atoms with E-state index in [-0.39, 0.29) is 0 Å². The van der Waals surface area contributed by atoms with Gasteiger partial charge in [0, 0.05) is 25.3 Å². The summed E-state index contributed by atoms with van der Waals surface area (Å²) in [5.41, 5.74) is 2.47. The molecule has 0 fully saturated rings. The number of aryl methyl sites for hydroxylation is 1. The predicted octanol–water partition coefficient (Wildman–Crippen LogP) is 2.20. The lowest BCUT2D eigenvalue weighted by atomic mass is 10.1. The van der Waals surface area contributed by atoms with Crippen LogP contribution in [0.5, 0.6) is 11.5 Å². The third-order valence-electron chi connectivity index (χ3n) is 3.44. The molecule has 0 unspecified atom stereocenters. The minimum atomic E-state index is 0.640. The molecule has 0 amide bonds. The second-order valence-electron chi connectivity index (χ2n) is 5.01. The van der Waals surface area contributed by atoms with Crippen LogP contribution in [0.2, 0.25) is 0 Å². The zero-order valence-electron chi connectivity index (χ0n) is 12.2. The molecular weight excluding hydrogens is 240 g/mol. The Morgan fingerprint density at radius 2 is 1.84 bits per heavy atom. The van der Waals surface area contributed by atoms with Gasteiger partial charge < -0.3 is 19.7 Å². The van der Waals surface area contributed by atoms with Crippen LogP contribution in [0.3, 0.4) is 0 Å². The van der Waals surface area contributed by atoms with Crippen molar-refractivity contribution in [2.24, 2.45) is 0 Å². The Kier molecular flexibility index (Phi) is 4.91. The predicted molar refractivity (Wildman–Crippen MR) is 78.6 cm³/mol. The molecule has 0 spiro atoms. The largest absolute Gasteiger partial charge is 0.486 e. The molecule has 1 aromatic rings. The van der Waals surface area contributed by atoms with Gasteiger partial charge in [0.2, 0.25) is 0 Å².